The van der Waals surface area contributed by atoms with E-state index in [1.54, 1.807) is 0 Å². The van der Waals surface area contributed by atoms with Gasteiger partial charge in [0.2, 0.25) is 0 Å². The standard InChI is InChI=1S/C20H27N5.HI/c1-21-20(25-13-10-16-6-2-3-7-17(16)14-25)22-11-9-18-15-24-12-5-4-8-19(24)23-18;/h2-3,6-7,15H,4-5,8-14H2,1H3,(H,21,22);1H. The molecule has 0 unspecified atom stereocenters. The summed E-state index contributed by atoms with van der Waals surface area (Å²) < 4.78 is 2.33. The van der Waals surface area contributed by atoms with Gasteiger partial charge in [0.25, 0.3) is 0 Å². The van der Waals surface area contributed by atoms with Crippen molar-refractivity contribution in [2.75, 3.05) is 20.1 Å². The van der Waals surface area contributed by atoms with Crippen molar-refractivity contribution >= 4 is 29.9 Å². The number of benzene rings is 1. The van der Waals surface area contributed by atoms with Crippen molar-refractivity contribution in [1.82, 2.24) is 19.8 Å². The Hall–Kier alpha value is -1.57. The lowest BCUT2D eigenvalue weighted by Gasteiger charge is -2.31. The van der Waals surface area contributed by atoms with E-state index >= 15 is 0 Å². The summed E-state index contributed by atoms with van der Waals surface area (Å²) in [6.45, 7) is 3.97. The molecule has 3 heterocycles. The minimum Gasteiger partial charge on any atom is -0.356 e. The van der Waals surface area contributed by atoms with Crippen molar-refractivity contribution in [3.05, 3.63) is 53.1 Å². The summed E-state index contributed by atoms with van der Waals surface area (Å²) in [7, 11) is 1.87. The molecule has 0 aliphatic carbocycles. The highest BCUT2D eigenvalue weighted by molar-refractivity contribution is 14.0. The zero-order chi connectivity index (χ0) is 17.1. The molecular weight excluding hydrogens is 437 g/mol. The van der Waals surface area contributed by atoms with Crippen molar-refractivity contribution in [3.8, 4) is 0 Å². The van der Waals surface area contributed by atoms with Gasteiger partial charge < -0.3 is 14.8 Å². The minimum atomic E-state index is 0. The van der Waals surface area contributed by atoms with Gasteiger partial charge in [-0.15, -0.1) is 24.0 Å². The van der Waals surface area contributed by atoms with Gasteiger partial charge >= 0.3 is 0 Å². The number of hydrogen-bond donors (Lipinski definition) is 1. The summed E-state index contributed by atoms with van der Waals surface area (Å²) in [6, 6.07) is 8.72. The zero-order valence-electron chi connectivity index (χ0n) is 15.4. The summed E-state index contributed by atoms with van der Waals surface area (Å²) in [6.07, 6.45) is 7.95. The van der Waals surface area contributed by atoms with Gasteiger partial charge in [0, 0.05) is 52.3 Å². The number of nitrogens with one attached hydrogen (secondary N) is 1. The predicted octanol–water partition coefficient (Wildman–Crippen LogP) is 3.01. The van der Waals surface area contributed by atoms with Crippen LogP contribution in [0.1, 0.15) is 35.5 Å². The molecule has 2 aliphatic heterocycles. The molecule has 0 saturated heterocycles. The first-order valence-electron chi connectivity index (χ1n) is 9.41. The molecule has 1 N–H and O–H groups in total. The lowest BCUT2D eigenvalue weighted by Crippen LogP contribution is -2.44. The van der Waals surface area contributed by atoms with Crippen molar-refractivity contribution in [2.45, 2.75) is 45.2 Å². The van der Waals surface area contributed by atoms with E-state index in [4.69, 9.17) is 4.98 Å². The number of imidazole rings is 1. The lowest BCUT2D eigenvalue weighted by atomic mass is 10.0. The van der Waals surface area contributed by atoms with Crippen molar-refractivity contribution in [3.63, 3.8) is 0 Å². The fourth-order valence-corrected chi connectivity index (χ4v) is 3.90. The van der Waals surface area contributed by atoms with Crippen molar-refractivity contribution in [2.24, 2.45) is 4.99 Å². The molecule has 4 rings (SSSR count). The number of guanidine groups is 1. The topological polar surface area (TPSA) is 45.5 Å². The van der Waals surface area contributed by atoms with Gasteiger partial charge in [-0.1, -0.05) is 24.3 Å². The summed E-state index contributed by atoms with van der Waals surface area (Å²) in [4.78, 5) is 11.6. The van der Waals surface area contributed by atoms with Crippen LogP contribution in [-0.2, 0) is 32.4 Å². The summed E-state index contributed by atoms with van der Waals surface area (Å²) in [5.74, 6) is 2.26. The first-order valence-corrected chi connectivity index (χ1v) is 9.41. The number of halogens is 1. The Balaban J connectivity index is 0.00000196. The van der Waals surface area contributed by atoms with Crippen LogP contribution >= 0.6 is 24.0 Å². The molecule has 0 atom stereocenters. The number of aliphatic imine (C=N–C) groups is 1. The van der Waals surface area contributed by atoms with E-state index in [-0.39, 0.29) is 24.0 Å². The van der Waals surface area contributed by atoms with Crippen molar-refractivity contribution in [1.29, 1.82) is 0 Å². The van der Waals surface area contributed by atoms with E-state index < -0.39 is 0 Å². The molecule has 1 aromatic heterocycles. The molecule has 26 heavy (non-hydrogen) atoms. The van der Waals surface area contributed by atoms with Crippen LogP contribution in [-0.4, -0.2) is 40.5 Å². The van der Waals surface area contributed by atoms with Gasteiger partial charge in [-0.2, -0.15) is 0 Å². The molecular formula is C20H28IN5. The Morgan fingerprint density at radius 2 is 2.00 bits per heavy atom. The van der Waals surface area contributed by atoms with E-state index in [2.05, 4.69) is 50.2 Å². The van der Waals surface area contributed by atoms with Gasteiger partial charge in [-0.05, 0) is 30.4 Å². The second kappa shape index (κ2) is 8.88. The lowest BCUT2D eigenvalue weighted by molar-refractivity contribution is 0.379. The molecule has 0 radical (unpaired) electrons. The number of aromatic nitrogens is 2. The molecule has 0 amide bonds. The number of fused-ring (bicyclic) bond motifs is 2. The predicted molar refractivity (Wildman–Crippen MR) is 116 cm³/mol. The molecule has 0 bridgehead atoms. The third-order valence-corrected chi connectivity index (χ3v) is 5.26. The van der Waals surface area contributed by atoms with E-state index in [0.29, 0.717) is 0 Å². The van der Waals surface area contributed by atoms with Gasteiger partial charge in [0.15, 0.2) is 5.96 Å². The van der Waals surface area contributed by atoms with E-state index in [0.717, 1.165) is 51.4 Å². The highest BCUT2D eigenvalue weighted by atomic mass is 127. The highest BCUT2D eigenvalue weighted by Gasteiger charge is 2.18. The van der Waals surface area contributed by atoms with E-state index in [9.17, 15) is 0 Å². The number of aryl methyl sites for hydroxylation is 2. The van der Waals surface area contributed by atoms with Crippen molar-refractivity contribution < 1.29 is 0 Å². The van der Waals surface area contributed by atoms with Crippen LogP contribution in [0, 0.1) is 0 Å². The quantitative estimate of drug-likeness (QED) is 0.431. The van der Waals surface area contributed by atoms with Crippen LogP contribution < -0.4 is 5.32 Å². The van der Waals surface area contributed by atoms with E-state index in [1.165, 1.54) is 35.5 Å². The molecule has 0 fully saturated rings. The van der Waals surface area contributed by atoms with Crippen LogP contribution in [0.5, 0.6) is 0 Å². The maximum absolute atomic E-state index is 4.79. The average molecular weight is 465 g/mol. The molecule has 6 heteroatoms. The number of rotatable bonds is 3. The fraction of sp³-hybridized carbons (Fsp3) is 0.500. The Morgan fingerprint density at radius 1 is 1.15 bits per heavy atom. The van der Waals surface area contributed by atoms with Gasteiger partial charge in [-0.3, -0.25) is 4.99 Å². The number of hydrogen-bond acceptors (Lipinski definition) is 2. The summed E-state index contributed by atoms with van der Waals surface area (Å²) in [5, 5.41) is 3.53. The first-order chi connectivity index (χ1) is 12.3. The van der Waals surface area contributed by atoms with E-state index in [1.807, 2.05) is 7.05 Å². The highest BCUT2D eigenvalue weighted by Crippen LogP contribution is 2.18. The maximum Gasteiger partial charge on any atom is 0.193 e. The van der Waals surface area contributed by atoms with Gasteiger partial charge in [0.05, 0.1) is 5.69 Å². The second-order valence-electron chi connectivity index (χ2n) is 6.96. The Bertz CT molecular complexity index is 744. The zero-order valence-corrected chi connectivity index (χ0v) is 17.8. The van der Waals surface area contributed by atoms with Crippen LogP contribution in [0.3, 0.4) is 0 Å². The molecule has 0 saturated carbocycles. The molecule has 2 aromatic rings. The van der Waals surface area contributed by atoms with Crippen LogP contribution in [0.15, 0.2) is 35.5 Å². The summed E-state index contributed by atoms with van der Waals surface area (Å²) in [5.41, 5.74) is 4.08. The summed E-state index contributed by atoms with van der Waals surface area (Å²) >= 11 is 0. The molecule has 5 nitrogen and oxygen atoms in total. The molecule has 140 valence electrons. The molecule has 1 aromatic carbocycles. The Morgan fingerprint density at radius 3 is 2.81 bits per heavy atom. The normalized spacial score (nSPS) is 16.5. The third kappa shape index (κ3) is 4.22. The SMILES string of the molecule is CN=C(NCCc1cn2c(n1)CCCC2)N1CCc2ccccc2C1.I. The molecule has 0 spiro atoms. The monoisotopic (exact) mass is 465 g/mol. The third-order valence-electron chi connectivity index (χ3n) is 5.26. The van der Waals surface area contributed by atoms with Crippen LogP contribution in [0.2, 0.25) is 0 Å². The second-order valence-corrected chi connectivity index (χ2v) is 6.96. The maximum atomic E-state index is 4.79. The largest absolute Gasteiger partial charge is 0.356 e. The average Bonchev–Trinajstić information content (AvgIpc) is 3.08. The van der Waals surface area contributed by atoms with Crippen LogP contribution in [0.4, 0.5) is 0 Å². The Kier molecular flexibility index (Phi) is 6.56. The van der Waals surface area contributed by atoms with Gasteiger partial charge in [-0.25, -0.2) is 4.98 Å². The number of nitrogens with zero attached hydrogens (tertiary/aromatic N) is 4. The molecule has 2 aliphatic rings. The fourth-order valence-electron chi connectivity index (χ4n) is 3.90. The Labute approximate surface area is 172 Å². The smallest absolute Gasteiger partial charge is 0.193 e. The first kappa shape index (κ1) is 19.2. The van der Waals surface area contributed by atoms with Gasteiger partial charge in [0.1, 0.15) is 5.82 Å². The van der Waals surface area contributed by atoms with Crippen LogP contribution in [0.25, 0.3) is 0 Å². The minimum absolute atomic E-state index is 0.